The number of carbonyl (C=O) groups is 2. The van der Waals surface area contributed by atoms with E-state index in [1.54, 1.807) is 12.1 Å². The Kier molecular flexibility index (Phi) is 5.42. The lowest BCUT2D eigenvalue weighted by atomic mass is 9.79. The van der Waals surface area contributed by atoms with E-state index in [2.05, 4.69) is 29.2 Å². The van der Waals surface area contributed by atoms with Gasteiger partial charge in [-0.3, -0.25) is 4.79 Å². The van der Waals surface area contributed by atoms with Crippen molar-refractivity contribution < 1.29 is 14.3 Å². The lowest BCUT2D eigenvalue weighted by molar-refractivity contribution is -0.125. The molecule has 1 aromatic rings. The highest BCUT2D eigenvalue weighted by Gasteiger charge is 2.32. The number of piperidine rings is 1. The number of hydrogen-bond acceptors (Lipinski definition) is 4. The molecule has 1 aliphatic heterocycles. The predicted molar refractivity (Wildman–Crippen MR) is 89.1 cm³/mol. The van der Waals surface area contributed by atoms with E-state index in [9.17, 15) is 9.59 Å². The van der Waals surface area contributed by atoms with Crippen molar-refractivity contribution in [3.05, 3.63) is 35.4 Å². The molecule has 1 heterocycles. The van der Waals surface area contributed by atoms with Crippen LogP contribution in [0.1, 0.15) is 55.6 Å². The first-order chi connectivity index (χ1) is 10.8. The van der Waals surface area contributed by atoms with Crippen LogP contribution in [0.3, 0.4) is 0 Å². The second-order valence-corrected chi connectivity index (χ2v) is 6.97. The van der Waals surface area contributed by atoms with Gasteiger partial charge in [-0.15, -0.1) is 0 Å². The van der Waals surface area contributed by atoms with E-state index in [-0.39, 0.29) is 29.4 Å². The van der Waals surface area contributed by atoms with Gasteiger partial charge in [0.2, 0.25) is 5.91 Å². The van der Waals surface area contributed by atoms with E-state index in [1.165, 1.54) is 7.11 Å². The fraction of sp³-hybridized carbons (Fsp3) is 0.556. The smallest absolute Gasteiger partial charge is 0.337 e. The Morgan fingerprint density at radius 3 is 2.52 bits per heavy atom. The molecule has 5 nitrogen and oxygen atoms in total. The molecule has 5 heteroatoms. The molecule has 0 aliphatic carbocycles. The van der Waals surface area contributed by atoms with Crippen LogP contribution < -0.4 is 10.6 Å². The van der Waals surface area contributed by atoms with Gasteiger partial charge in [0.25, 0.3) is 0 Å². The van der Waals surface area contributed by atoms with Crippen molar-refractivity contribution in [2.75, 3.05) is 13.7 Å². The van der Waals surface area contributed by atoms with Gasteiger partial charge in [0.15, 0.2) is 0 Å². The molecule has 0 aromatic heterocycles. The van der Waals surface area contributed by atoms with Gasteiger partial charge in [-0.1, -0.05) is 26.0 Å². The van der Waals surface area contributed by atoms with Gasteiger partial charge in [0.1, 0.15) is 0 Å². The molecular weight excluding hydrogens is 292 g/mol. The molecule has 0 bridgehead atoms. The zero-order valence-corrected chi connectivity index (χ0v) is 14.3. The zero-order chi connectivity index (χ0) is 17.0. The second-order valence-electron chi connectivity index (χ2n) is 6.97. The van der Waals surface area contributed by atoms with Gasteiger partial charge in [-0.25, -0.2) is 4.79 Å². The molecule has 23 heavy (non-hydrogen) atoms. The van der Waals surface area contributed by atoms with Crippen LogP contribution >= 0.6 is 0 Å². The summed E-state index contributed by atoms with van der Waals surface area (Å²) in [6.45, 7) is 7.21. The molecule has 1 aliphatic rings. The molecule has 126 valence electrons. The summed E-state index contributed by atoms with van der Waals surface area (Å²) >= 11 is 0. The number of carbonyl (C=O) groups excluding carboxylic acids is 2. The molecule has 1 aromatic carbocycles. The number of esters is 1. The number of amides is 1. The first kappa shape index (κ1) is 17.5. The maximum absolute atomic E-state index is 12.4. The topological polar surface area (TPSA) is 67.4 Å². The monoisotopic (exact) mass is 318 g/mol. The van der Waals surface area contributed by atoms with Crippen LogP contribution in [0.4, 0.5) is 0 Å². The minimum atomic E-state index is -0.359. The molecule has 1 amide bonds. The number of nitrogens with one attached hydrogen (secondary N) is 2. The second kappa shape index (κ2) is 7.13. The summed E-state index contributed by atoms with van der Waals surface area (Å²) in [5.74, 6) is -0.329. The molecule has 0 radical (unpaired) electrons. The predicted octanol–water partition coefficient (Wildman–Crippen LogP) is 2.43. The molecule has 2 N–H and O–H groups in total. The largest absolute Gasteiger partial charge is 0.465 e. The third-order valence-corrected chi connectivity index (χ3v) is 4.46. The normalized spacial score (nSPS) is 21.3. The lowest BCUT2D eigenvalue weighted by Gasteiger charge is -2.35. The minimum Gasteiger partial charge on any atom is -0.465 e. The van der Waals surface area contributed by atoms with Crippen LogP contribution in [0.5, 0.6) is 0 Å². The zero-order valence-electron chi connectivity index (χ0n) is 14.3. The van der Waals surface area contributed by atoms with Crippen LogP contribution in [0.25, 0.3) is 0 Å². The van der Waals surface area contributed by atoms with Gasteiger partial charge < -0.3 is 15.4 Å². The third-order valence-electron chi connectivity index (χ3n) is 4.46. The average Bonchev–Trinajstić information content (AvgIpc) is 2.53. The Balaban J connectivity index is 1.97. The van der Waals surface area contributed by atoms with E-state index in [0.29, 0.717) is 5.56 Å². The summed E-state index contributed by atoms with van der Waals surface area (Å²) in [4.78, 5) is 23.9. The van der Waals surface area contributed by atoms with E-state index < -0.39 is 0 Å². The fourth-order valence-electron chi connectivity index (χ4n) is 2.92. The van der Waals surface area contributed by atoms with Gasteiger partial charge in [-0.2, -0.15) is 0 Å². The average molecular weight is 318 g/mol. The van der Waals surface area contributed by atoms with Gasteiger partial charge >= 0.3 is 5.97 Å². The summed E-state index contributed by atoms with van der Waals surface area (Å²) in [5, 5.41) is 6.34. The quantitative estimate of drug-likeness (QED) is 0.837. The van der Waals surface area contributed by atoms with Crippen LogP contribution in [-0.4, -0.2) is 31.6 Å². The van der Waals surface area contributed by atoms with Crippen molar-refractivity contribution in [2.45, 2.75) is 45.7 Å². The molecule has 1 saturated heterocycles. The molecule has 1 fully saturated rings. The van der Waals surface area contributed by atoms with E-state index in [4.69, 9.17) is 0 Å². The van der Waals surface area contributed by atoms with Gasteiger partial charge in [0, 0.05) is 0 Å². The van der Waals surface area contributed by atoms with E-state index >= 15 is 0 Å². The first-order valence-electron chi connectivity index (χ1n) is 8.04. The van der Waals surface area contributed by atoms with Gasteiger partial charge in [0.05, 0.1) is 24.8 Å². The van der Waals surface area contributed by atoms with Crippen molar-refractivity contribution in [3.63, 3.8) is 0 Å². The standard InChI is InChI=1S/C18H26N2O3/c1-12(13-5-7-14(8-6-13)17(22)23-4)20-16(21)15-11-18(2,3)9-10-19-15/h5-8,12,15,19H,9-11H2,1-4H3,(H,20,21)/t12-,15+/m0/s1. The van der Waals surface area contributed by atoms with Crippen molar-refractivity contribution in [1.29, 1.82) is 0 Å². The fourth-order valence-corrected chi connectivity index (χ4v) is 2.92. The highest BCUT2D eigenvalue weighted by atomic mass is 16.5. The molecule has 2 atom stereocenters. The van der Waals surface area contributed by atoms with E-state index in [0.717, 1.165) is 24.9 Å². The first-order valence-corrected chi connectivity index (χ1v) is 8.04. The van der Waals surface area contributed by atoms with Crippen molar-refractivity contribution in [3.8, 4) is 0 Å². The van der Waals surface area contributed by atoms with Crippen molar-refractivity contribution in [2.24, 2.45) is 5.41 Å². The lowest BCUT2D eigenvalue weighted by Crippen LogP contribution is -2.51. The Morgan fingerprint density at radius 2 is 1.96 bits per heavy atom. The van der Waals surface area contributed by atoms with Crippen LogP contribution in [0, 0.1) is 5.41 Å². The van der Waals surface area contributed by atoms with Crippen molar-refractivity contribution >= 4 is 11.9 Å². The summed E-state index contributed by atoms with van der Waals surface area (Å²) in [5.41, 5.74) is 1.66. The number of ether oxygens (including phenoxy) is 1. The molecule has 0 unspecified atom stereocenters. The van der Waals surface area contributed by atoms with Gasteiger partial charge in [-0.05, 0) is 49.4 Å². The number of methoxy groups -OCH3 is 1. The van der Waals surface area contributed by atoms with Crippen LogP contribution in [0.15, 0.2) is 24.3 Å². The maximum atomic E-state index is 12.4. The Bertz CT molecular complexity index is 566. The summed E-state index contributed by atoms with van der Waals surface area (Å²) < 4.78 is 4.68. The summed E-state index contributed by atoms with van der Waals surface area (Å²) in [6, 6.07) is 6.86. The highest BCUT2D eigenvalue weighted by molar-refractivity contribution is 5.89. The molecular formula is C18H26N2O3. The molecule has 0 spiro atoms. The van der Waals surface area contributed by atoms with Crippen LogP contribution in [-0.2, 0) is 9.53 Å². The SMILES string of the molecule is COC(=O)c1ccc([C@H](C)NC(=O)[C@H]2CC(C)(C)CCN2)cc1. The maximum Gasteiger partial charge on any atom is 0.337 e. The van der Waals surface area contributed by atoms with E-state index in [1.807, 2.05) is 19.1 Å². The Hall–Kier alpha value is -1.88. The summed E-state index contributed by atoms with van der Waals surface area (Å²) in [7, 11) is 1.36. The third kappa shape index (κ3) is 4.55. The summed E-state index contributed by atoms with van der Waals surface area (Å²) in [6.07, 6.45) is 1.92. The highest BCUT2D eigenvalue weighted by Crippen LogP contribution is 2.29. The van der Waals surface area contributed by atoms with Crippen LogP contribution in [0.2, 0.25) is 0 Å². The number of benzene rings is 1. The number of rotatable bonds is 4. The molecule has 0 saturated carbocycles. The van der Waals surface area contributed by atoms with Crippen molar-refractivity contribution in [1.82, 2.24) is 10.6 Å². The Labute approximate surface area is 137 Å². The number of hydrogen-bond donors (Lipinski definition) is 2. The molecule has 2 rings (SSSR count). The minimum absolute atomic E-state index is 0.0299. The Morgan fingerprint density at radius 1 is 1.30 bits per heavy atom.